The average Bonchev–Trinajstić information content (AvgIpc) is 3.16. The first-order chi connectivity index (χ1) is 15.0. The van der Waals surface area contributed by atoms with Crippen LogP contribution in [0.5, 0.6) is 0 Å². The Morgan fingerprint density at radius 1 is 1.38 bits per heavy atom. The van der Waals surface area contributed by atoms with E-state index in [1.807, 2.05) is 6.92 Å². The molecule has 12 nitrogen and oxygen atoms in total. The number of carbonyl (C=O) groups is 4. The van der Waals surface area contributed by atoms with Crippen LogP contribution < -0.4 is 11.1 Å². The Labute approximate surface area is 187 Å². The fraction of sp³-hybridized carbons (Fsp3) is 0.474. The lowest BCUT2D eigenvalue weighted by Crippen LogP contribution is -2.70. The van der Waals surface area contributed by atoms with E-state index >= 15 is 0 Å². The molecule has 0 aromatic carbocycles. The maximum atomic E-state index is 13.0. The third kappa shape index (κ3) is 4.20. The number of aliphatic carboxylic acids is 2. The van der Waals surface area contributed by atoms with Crippen LogP contribution in [0.1, 0.15) is 39.4 Å². The number of fused-ring (bicyclic) bond motifs is 1. The first-order valence-corrected chi connectivity index (χ1v) is 10.9. The van der Waals surface area contributed by atoms with Crippen LogP contribution in [-0.4, -0.2) is 71.2 Å². The largest absolute Gasteiger partial charge is 0.481 e. The van der Waals surface area contributed by atoms with E-state index in [1.165, 1.54) is 36.6 Å². The van der Waals surface area contributed by atoms with Crippen LogP contribution in [-0.2, 0) is 19.2 Å². The lowest BCUT2D eigenvalue weighted by Gasteiger charge is -2.49. The predicted octanol–water partition coefficient (Wildman–Crippen LogP) is 0.420. The van der Waals surface area contributed by atoms with Gasteiger partial charge in [-0.1, -0.05) is 13.0 Å². The second-order valence-corrected chi connectivity index (χ2v) is 9.13. The van der Waals surface area contributed by atoms with Crippen LogP contribution in [0.3, 0.4) is 0 Å². The fourth-order valence-corrected chi connectivity index (χ4v) is 4.76. The summed E-state index contributed by atoms with van der Waals surface area (Å²) in [4.78, 5) is 54.0. The molecular formula is C19H24N6O6S. The van der Waals surface area contributed by atoms with E-state index in [2.05, 4.69) is 20.5 Å². The molecule has 13 heteroatoms. The molecule has 1 aromatic rings. The lowest BCUT2D eigenvalue weighted by molar-refractivity contribution is -0.150. The van der Waals surface area contributed by atoms with E-state index in [-0.39, 0.29) is 29.5 Å². The zero-order valence-corrected chi connectivity index (χ0v) is 18.5. The fourth-order valence-electron chi connectivity index (χ4n) is 3.31. The number of nitrogens with one attached hydrogen (secondary N) is 2. The molecule has 0 bridgehead atoms. The van der Waals surface area contributed by atoms with E-state index in [4.69, 9.17) is 5.73 Å². The van der Waals surface area contributed by atoms with Crippen molar-refractivity contribution in [2.75, 3.05) is 11.5 Å². The number of hydrogen-bond acceptors (Lipinski definition) is 8. The van der Waals surface area contributed by atoms with Crippen molar-refractivity contribution in [1.29, 1.82) is 0 Å². The standard InChI is InChI=1S/C19H24N6O6S/c1-4-8-7-32-15-10(14(27)25(15)11(8)16(28)29)21-13(26)9(12-22-18(20)24-23-12)5-6-19(2,3)17(30)31/h5,10,15H,4,6-7H2,1-3H3,(H,21,26)(H,28,29)(H,30,31)(H3,20,22,23,24)/b9-5-/t10-,15-/m1/s1. The molecule has 1 fully saturated rings. The number of nitrogen functional groups attached to an aromatic ring is 1. The molecule has 172 valence electrons. The number of β-lactam (4-membered cyclic amide) rings is 1. The summed E-state index contributed by atoms with van der Waals surface area (Å²) in [6, 6.07) is -0.934. The Morgan fingerprint density at radius 2 is 2.06 bits per heavy atom. The van der Waals surface area contributed by atoms with Gasteiger partial charge in [0.15, 0.2) is 5.82 Å². The van der Waals surface area contributed by atoms with Gasteiger partial charge in [0, 0.05) is 5.75 Å². The monoisotopic (exact) mass is 464 g/mol. The SMILES string of the molecule is CCC1=C(C(=O)O)N2C(=O)[C@@H](NC(=O)/C(=C\CC(C)(C)C(=O)O)c3nc(N)n[nH]3)[C@H]2SC1. The zero-order chi connectivity index (χ0) is 23.8. The molecular weight excluding hydrogens is 440 g/mol. The van der Waals surface area contributed by atoms with Crippen molar-refractivity contribution < 1.29 is 29.4 Å². The van der Waals surface area contributed by atoms with E-state index in [0.29, 0.717) is 17.7 Å². The number of nitrogens with two attached hydrogens (primary N) is 1. The first-order valence-electron chi connectivity index (χ1n) is 9.80. The van der Waals surface area contributed by atoms with Crippen LogP contribution >= 0.6 is 11.8 Å². The maximum absolute atomic E-state index is 13.0. The van der Waals surface area contributed by atoms with Gasteiger partial charge in [0.1, 0.15) is 17.1 Å². The number of carbonyl (C=O) groups excluding carboxylic acids is 2. The molecule has 2 amide bonds. The lowest BCUT2D eigenvalue weighted by atomic mass is 9.88. The summed E-state index contributed by atoms with van der Waals surface area (Å²) >= 11 is 1.37. The third-order valence-electron chi connectivity index (χ3n) is 5.36. The molecule has 2 atom stereocenters. The highest BCUT2D eigenvalue weighted by Crippen LogP contribution is 2.41. The van der Waals surface area contributed by atoms with Gasteiger partial charge in [-0.05, 0) is 32.3 Å². The van der Waals surface area contributed by atoms with Gasteiger partial charge in [0.05, 0.1) is 11.0 Å². The van der Waals surface area contributed by atoms with Gasteiger partial charge in [0.2, 0.25) is 5.95 Å². The smallest absolute Gasteiger partial charge is 0.352 e. The average molecular weight is 465 g/mol. The predicted molar refractivity (Wildman–Crippen MR) is 115 cm³/mol. The summed E-state index contributed by atoms with van der Waals surface area (Å²) in [7, 11) is 0. The molecule has 0 aliphatic carbocycles. The Balaban J connectivity index is 1.83. The van der Waals surface area contributed by atoms with Gasteiger partial charge in [-0.3, -0.25) is 24.4 Å². The minimum Gasteiger partial charge on any atom is -0.481 e. The van der Waals surface area contributed by atoms with Crippen LogP contribution in [0.4, 0.5) is 5.95 Å². The highest BCUT2D eigenvalue weighted by Gasteiger charge is 2.54. The maximum Gasteiger partial charge on any atom is 0.352 e. The number of hydrogen-bond donors (Lipinski definition) is 5. The van der Waals surface area contributed by atoms with Gasteiger partial charge >= 0.3 is 11.9 Å². The number of nitrogens with zero attached hydrogens (tertiary/aromatic N) is 3. The molecule has 0 saturated carbocycles. The number of aromatic amines is 1. The topological polar surface area (TPSA) is 192 Å². The second-order valence-electron chi connectivity index (χ2n) is 8.02. The van der Waals surface area contributed by atoms with Gasteiger partial charge in [0.25, 0.3) is 11.8 Å². The van der Waals surface area contributed by atoms with E-state index in [0.717, 1.165) is 0 Å². The molecule has 32 heavy (non-hydrogen) atoms. The van der Waals surface area contributed by atoms with Gasteiger partial charge in [-0.15, -0.1) is 16.9 Å². The Kier molecular flexibility index (Phi) is 6.30. The molecule has 3 heterocycles. The highest BCUT2D eigenvalue weighted by molar-refractivity contribution is 8.00. The Morgan fingerprint density at radius 3 is 2.59 bits per heavy atom. The minimum atomic E-state index is -1.18. The summed E-state index contributed by atoms with van der Waals surface area (Å²) in [5.41, 5.74) is 4.99. The van der Waals surface area contributed by atoms with Crippen LogP contribution in [0.15, 0.2) is 17.3 Å². The summed E-state index contributed by atoms with van der Waals surface area (Å²) in [5.74, 6) is -3.07. The number of H-pyrrole nitrogens is 1. The first kappa shape index (κ1) is 23.3. The molecule has 6 N–H and O–H groups in total. The molecule has 2 aliphatic heterocycles. The van der Waals surface area contributed by atoms with Crippen molar-refractivity contribution in [3.05, 3.63) is 23.2 Å². The normalized spacial score (nSPS) is 21.2. The zero-order valence-electron chi connectivity index (χ0n) is 17.7. The van der Waals surface area contributed by atoms with Crippen LogP contribution in [0, 0.1) is 5.41 Å². The quantitative estimate of drug-likeness (QED) is 0.266. The molecule has 0 spiro atoms. The van der Waals surface area contributed by atoms with E-state index in [1.54, 1.807) is 0 Å². The van der Waals surface area contributed by atoms with E-state index in [9.17, 15) is 29.4 Å². The van der Waals surface area contributed by atoms with Crippen LogP contribution in [0.2, 0.25) is 0 Å². The number of rotatable bonds is 8. The molecule has 1 saturated heterocycles. The molecule has 3 rings (SSSR count). The van der Waals surface area contributed by atoms with Crippen molar-refractivity contribution >= 4 is 47.0 Å². The van der Waals surface area contributed by atoms with E-state index < -0.39 is 40.6 Å². The summed E-state index contributed by atoms with van der Waals surface area (Å²) in [6.07, 6.45) is 1.90. The number of thioether (sulfide) groups is 1. The summed E-state index contributed by atoms with van der Waals surface area (Å²) in [6.45, 7) is 4.84. The van der Waals surface area contributed by atoms with Crippen molar-refractivity contribution in [3.8, 4) is 0 Å². The Hall–Kier alpha value is -3.35. The number of anilines is 1. The minimum absolute atomic E-state index is 0.000365. The number of carboxylic acid groups (broad SMARTS) is 2. The van der Waals surface area contributed by atoms with Crippen molar-refractivity contribution in [3.63, 3.8) is 0 Å². The molecule has 1 aromatic heterocycles. The van der Waals surface area contributed by atoms with Crippen molar-refractivity contribution in [2.24, 2.45) is 5.41 Å². The number of aromatic nitrogens is 3. The molecule has 2 aliphatic rings. The van der Waals surface area contributed by atoms with Crippen molar-refractivity contribution in [1.82, 2.24) is 25.4 Å². The van der Waals surface area contributed by atoms with Crippen LogP contribution in [0.25, 0.3) is 5.57 Å². The molecule has 0 unspecified atom stereocenters. The Bertz CT molecular complexity index is 1040. The van der Waals surface area contributed by atoms with Gasteiger partial charge in [-0.25, -0.2) is 4.79 Å². The third-order valence-corrected chi connectivity index (χ3v) is 6.70. The summed E-state index contributed by atoms with van der Waals surface area (Å²) in [5, 5.41) is 27.2. The summed E-state index contributed by atoms with van der Waals surface area (Å²) < 4.78 is 0. The number of allylic oxidation sites excluding steroid dienone is 1. The van der Waals surface area contributed by atoms with Gasteiger partial charge in [-0.2, -0.15) is 4.98 Å². The highest BCUT2D eigenvalue weighted by atomic mass is 32.2. The number of carboxylic acids is 2. The second kappa shape index (κ2) is 8.65. The number of amides is 2. The van der Waals surface area contributed by atoms with Gasteiger partial charge < -0.3 is 21.3 Å². The van der Waals surface area contributed by atoms with Crippen molar-refractivity contribution in [2.45, 2.75) is 45.0 Å². The molecule has 0 radical (unpaired) electrons.